The average Bonchev–Trinajstić information content (AvgIpc) is 2.09. The Kier molecular flexibility index (Phi) is 3.05. The molecule has 0 aromatic rings. The maximum atomic E-state index is 3.95. The maximum Gasteiger partial charge on any atom is 0.0609 e. The minimum Gasteiger partial charge on any atom is -0.313 e. The number of allylic oxidation sites excluding steroid dienone is 2. The van der Waals surface area contributed by atoms with Crippen LogP contribution in [0.2, 0.25) is 0 Å². The second-order valence-electron chi connectivity index (χ2n) is 2.52. The summed E-state index contributed by atoms with van der Waals surface area (Å²) < 4.78 is 0. The van der Waals surface area contributed by atoms with E-state index in [9.17, 15) is 0 Å². The van der Waals surface area contributed by atoms with Crippen molar-refractivity contribution in [2.75, 3.05) is 13.1 Å². The lowest BCUT2D eigenvalue weighted by Crippen LogP contribution is -2.20. The van der Waals surface area contributed by atoms with Gasteiger partial charge in [-0.25, -0.2) is 0 Å². The lowest BCUT2D eigenvalue weighted by atomic mass is 10.1. The zero-order valence-electron chi connectivity index (χ0n) is 6.93. The van der Waals surface area contributed by atoms with Gasteiger partial charge in [-0.05, 0) is 32.2 Å². The van der Waals surface area contributed by atoms with Crippen LogP contribution in [-0.2, 0) is 0 Å². The van der Waals surface area contributed by atoms with Crippen molar-refractivity contribution < 1.29 is 0 Å². The van der Waals surface area contributed by atoms with E-state index in [1.165, 1.54) is 5.57 Å². The van der Waals surface area contributed by atoms with E-state index in [0.717, 1.165) is 25.2 Å². The number of nitrogens with one attached hydrogen (secondary N) is 1. The Morgan fingerprint density at radius 1 is 1.82 bits per heavy atom. The molecule has 0 unspecified atom stereocenters. The molecule has 1 N–H and O–H groups in total. The van der Waals surface area contributed by atoms with Crippen molar-refractivity contribution in [1.29, 1.82) is 0 Å². The van der Waals surface area contributed by atoms with Gasteiger partial charge in [0.1, 0.15) is 0 Å². The van der Waals surface area contributed by atoms with E-state index < -0.39 is 0 Å². The zero-order valence-corrected chi connectivity index (χ0v) is 6.93. The Balaban J connectivity index is 2.71. The predicted molar refractivity (Wildman–Crippen MR) is 48.9 cm³/mol. The summed E-state index contributed by atoms with van der Waals surface area (Å²) in [5.74, 6) is 0. The first kappa shape index (κ1) is 8.21. The Morgan fingerprint density at radius 3 is 3.09 bits per heavy atom. The molecular formula is C9H14N2. The molecule has 0 atom stereocenters. The van der Waals surface area contributed by atoms with E-state index in [4.69, 9.17) is 0 Å². The van der Waals surface area contributed by atoms with Gasteiger partial charge in [0.05, 0.1) is 5.70 Å². The van der Waals surface area contributed by atoms with Crippen LogP contribution in [0.5, 0.6) is 0 Å². The predicted octanol–water partition coefficient (Wildman–Crippen LogP) is 1.51. The molecule has 1 aliphatic heterocycles. The fourth-order valence-electron chi connectivity index (χ4n) is 1.23. The summed E-state index contributed by atoms with van der Waals surface area (Å²) in [5.41, 5.74) is 2.35. The van der Waals surface area contributed by atoms with Gasteiger partial charge < -0.3 is 5.32 Å². The average molecular weight is 150 g/mol. The summed E-state index contributed by atoms with van der Waals surface area (Å²) in [4.78, 5) is 3.95. The molecule has 0 saturated heterocycles. The highest BCUT2D eigenvalue weighted by Gasteiger charge is 2.04. The second-order valence-corrected chi connectivity index (χ2v) is 2.52. The van der Waals surface area contributed by atoms with E-state index in [-0.39, 0.29) is 0 Å². The van der Waals surface area contributed by atoms with Crippen LogP contribution in [-0.4, -0.2) is 19.8 Å². The van der Waals surface area contributed by atoms with Gasteiger partial charge in [-0.3, -0.25) is 4.99 Å². The minimum absolute atomic E-state index is 0.961. The van der Waals surface area contributed by atoms with Crippen LogP contribution in [0.1, 0.15) is 13.3 Å². The van der Waals surface area contributed by atoms with Crippen molar-refractivity contribution in [1.82, 2.24) is 5.32 Å². The number of rotatable bonds is 2. The van der Waals surface area contributed by atoms with Gasteiger partial charge in [0.15, 0.2) is 0 Å². The van der Waals surface area contributed by atoms with Gasteiger partial charge in [-0.1, -0.05) is 12.2 Å². The highest BCUT2D eigenvalue weighted by Crippen LogP contribution is 2.15. The molecule has 0 saturated carbocycles. The number of nitrogens with zero attached hydrogens (tertiary/aromatic N) is 1. The Bertz CT molecular complexity index is 202. The molecule has 2 heteroatoms. The van der Waals surface area contributed by atoms with E-state index in [2.05, 4.69) is 23.1 Å². The van der Waals surface area contributed by atoms with Crippen molar-refractivity contribution in [3.05, 3.63) is 23.4 Å². The second kappa shape index (κ2) is 4.09. The third-order valence-electron chi connectivity index (χ3n) is 1.84. The summed E-state index contributed by atoms with van der Waals surface area (Å²) in [6, 6.07) is 0. The summed E-state index contributed by atoms with van der Waals surface area (Å²) in [6.45, 7) is 7.54. The molecule has 1 heterocycles. The summed E-state index contributed by atoms with van der Waals surface area (Å²) >= 11 is 0. The van der Waals surface area contributed by atoms with E-state index in [0.29, 0.717) is 0 Å². The van der Waals surface area contributed by atoms with Crippen LogP contribution >= 0.6 is 0 Å². The van der Waals surface area contributed by atoms with Crippen molar-refractivity contribution >= 4 is 6.72 Å². The van der Waals surface area contributed by atoms with Gasteiger partial charge in [0.25, 0.3) is 0 Å². The third kappa shape index (κ3) is 2.02. The first-order chi connectivity index (χ1) is 5.38. The molecule has 1 rings (SSSR count). The van der Waals surface area contributed by atoms with Gasteiger partial charge in [0, 0.05) is 6.54 Å². The van der Waals surface area contributed by atoms with Crippen LogP contribution in [0.4, 0.5) is 0 Å². The fourth-order valence-corrected chi connectivity index (χ4v) is 1.23. The monoisotopic (exact) mass is 150 g/mol. The lowest BCUT2D eigenvalue weighted by Gasteiger charge is -2.13. The molecule has 0 amide bonds. The molecule has 0 bridgehead atoms. The van der Waals surface area contributed by atoms with E-state index in [1.54, 1.807) is 0 Å². The molecule has 0 aromatic heterocycles. The standard InChI is InChI=1S/C9H14N2/c1-3-9(10-2)8-4-6-11-7-5-8/h3-4,11H,2,5-7H2,1H3/b9-3-. The van der Waals surface area contributed by atoms with Crippen LogP contribution in [0.3, 0.4) is 0 Å². The van der Waals surface area contributed by atoms with Gasteiger partial charge >= 0.3 is 0 Å². The SMILES string of the molecule is C=N/C(=C\C)C1=CCNCC1. The minimum atomic E-state index is 0.961. The molecular weight excluding hydrogens is 136 g/mol. The number of aliphatic imine (C=N–C) groups is 1. The van der Waals surface area contributed by atoms with Crippen LogP contribution in [0.15, 0.2) is 28.4 Å². The van der Waals surface area contributed by atoms with Crippen molar-refractivity contribution in [2.45, 2.75) is 13.3 Å². The lowest BCUT2D eigenvalue weighted by molar-refractivity contribution is 0.706. The Hall–Kier alpha value is -0.890. The van der Waals surface area contributed by atoms with Gasteiger partial charge in [-0.2, -0.15) is 0 Å². The van der Waals surface area contributed by atoms with Crippen LogP contribution in [0, 0.1) is 0 Å². The topological polar surface area (TPSA) is 24.4 Å². The van der Waals surface area contributed by atoms with Crippen molar-refractivity contribution in [3.63, 3.8) is 0 Å². The summed E-state index contributed by atoms with van der Waals surface area (Å²) in [5, 5.41) is 3.25. The highest BCUT2D eigenvalue weighted by molar-refractivity contribution is 5.39. The molecule has 0 aromatic carbocycles. The molecule has 0 aliphatic carbocycles. The molecule has 1 aliphatic rings. The fraction of sp³-hybridized carbons (Fsp3) is 0.444. The first-order valence-electron chi connectivity index (χ1n) is 3.91. The van der Waals surface area contributed by atoms with Crippen LogP contribution in [0.25, 0.3) is 0 Å². The zero-order chi connectivity index (χ0) is 8.10. The molecule has 0 spiro atoms. The Morgan fingerprint density at radius 2 is 2.64 bits per heavy atom. The van der Waals surface area contributed by atoms with Crippen LogP contribution < -0.4 is 5.32 Å². The normalized spacial score (nSPS) is 19.4. The summed E-state index contributed by atoms with van der Waals surface area (Å²) in [7, 11) is 0. The van der Waals surface area contributed by atoms with Crippen molar-refractivity contribution in [2.24, 2.45) is 4.99 Å². The van der Waals surface area contributed by atoms with Gasteiger partial charge in [0.2, 0.25) is 0 Å². The van der Waals surface area contributed by atoms with E-state index in [1.807, 2.05) is 13.0 Å². The third-order valence-corrected chi connectivity index (χ3v) is 1.84. The molecule has 60 valence electrons. The Labute approximate surface area is 67.7 Å². The molecule has 2 nitrogen and oxygen atoms in total. The maximum absolute atomic E-state index is 3.95. The number of hydrogen-bond acceptors (Lipinski definition) is 2. The quantitative estimate of drug-likeness (QED) is 0.593. The first-order valence-corrected chi connectivity index (χ1v) is 3.91. The summed E-state index contributed by atoms with van der Waals surface area (Å²) in [6.07, 6.45) is 5.25. The smallest absolute Gasteiger partial charge is 0.0609 e. The highest BCUT2D eigenvalue weighted by atomic mass is 14.9. The molecule has 11 heavy (non-hydrogen) atoms. The molecule has 0 fully saturated rings. The number of hydrogen-bond donors (Lipinski definition) is 1. The van der Waals surface area contributed by atoms with Crippen molar-refractivity contribution in [3.8, 4) is 0 Å². The largest absolute Gasteiger partial charge is 0.313 e. The van der Waals surface area contributed by atoms with Gasteiger partial charge in [-0.15, -0.1) is 0 Å². The van der Waals surface area contributed by atoms with E-state index >= 15 is 0 Å². The molecule has 0 radical (unpaired) electrons.